The third-order valence-corrected chi connectivity index (χ3v) is 5.55. The quantitative estimate of drug-likeness (QED) is 0.900. The average molecular weight is 328 g/mol. The summed E-state index contributed by atoms with van der Waals surface area (Å²) in [6, 6.07) is 5.09. The Morgan fingerprint density at radius 2 is 2.24 bits per heavy atom. The fourth-order valence-electron chi connectivity index (χ4n) is 2.25. The third kappa shape index (κ3) is 2.88. The molecule has 0 aromatic heterocycles. The summed E-state index contributed by atoms with van der Waals surface area (Å²) < 4.78 is 26.5. The minimum absolute atomic E-state index is 0.0142. The number of rotatable bonds is 3. The van der Waals surface area contributed by atoms with Crippen molar-refractivity contribution in [2.24, 2.45) is 0 Å². The minimum Gasteiger partial charge on any atom is -0.353 e. The summed E-state index contributed by atoms with van der Waals surface area (Å²) in [5.41, 5.74) is 0.207. The summed E-state index contributed by atoms with van der Waals surface area (Å²) in [6.45, 7) is 2.24. The van der Waals surface area contributed by atoms with Crippen LogP contribution in [0.4, 0.5) is 0 Å². The van der Waals surface area contributed by atoms with E-state index in [1.807, 2.05) is 6.07 Å². The summed E-state index contributed by atoms with van der Waals surface area (Å²) in [6.07, 6.45) is 0.384. The van der Waals surface area contributed by atoms with Gasteiger partial charge in [-0.1, -0.05) is 18.5 Å². The first-order chi connectivity index (χ1) is 9.91. The van der Waals surface area contributed by atoms with E-state index >= 15 is 0 Å². The molecule has 1 saturated heterocycles. The van der Waals surface area contributed by atoms with E-state index in [0.29, 0.717) is 6.42 Å². The number of piperazine rings is 1. The smallest absolute Gasteiger partial charge is 0.243 e. The minimum atomic E-state index is -3.83. The Labute approximate surface area is 128 Å². The fraction of sp³-hybridized carbons (Fsp3) is 0.385. The molecule has 0 aliphatic carbocycles. The zero-order chi connectivity index (χ0) is 15.6. The van der Waals surface area contributed by atoms with Crippen molar-refractivity contribution in [2.45, 2.75) is 24.3 Å². The molecule has 112 valence electrons. The van der Waals surface area contributed by atoms with Crippen LogP contribution in [0.25, 0.3) is 0 Å². The van der Waals surface area contributed by atoms with Crippen molar-refractivity contribution in [3.63, 3.8) is 0 Å². The van der Waals surface area contributed by atoms with Gasteiger partial charge in [-0.15, -0.1) is 0 Å². The Balaban J connectivity index is 2.44. The standard InChI is InChI=1S/C13H14ClN3O3S/c1-2-12-13(18)16-5-6-17(12)21(19,20)10-4-3-9(8-15)11(14)7-10/h3-4,7,12H,2,5-6H2,1H3,(H,16,18). The number of amides is 1. The predicted molar refractivity (Wildman–Crippen MR) is 77.1 cm³/mol. The summed E-state index contributed by atoms with van der Waals surface area (Å²) >= 11 is 5.89. The highest BCUT2D eigenvalue weighted by molar-refractivity contribution is 7.89. The van der Waals surface area contributed by atoms with Crippen LogP contribution < -0.4 is 5.32 Å². The average Bonchev–Trinajstić information content (AvgIpc) is 2.46. The lowest BCUT2D eigenvalue weighted by molar-refractivity contribution is -0.126. The van der Waals surface area contributed by atoms with Crippen LogP contribution in [0, 0.1) is 11.3 Å². The van der Waals surface area contributed by atoms with Gasteiger partial charge in [0.2, 0.25) is 15.9 Å². The molecule has 1 fully saturated rings. The third-order valence-electron chi connectivity index (χ3n) is 3.34. The normalized spacial score (nSPS) is 19.9. The molecule has 1 aliphatic heterocycles. The van der Waals surface area contributed by atoms with Gasteiger partial charge in [0.25, 0.3) is 0 Å². The van der Waals surface area contributed by atoms with Crippen LogP contribution >= 0.6 is 11.6 Å². The Bertz CT molecular complexity index is 712. The zero-order valence-electron chi connectivity index (χ0n) is 11.3. The molecule has 1 aliphatic rings. The lowest BCUT2D eigenvalue weighted by Crippen LogP contribution is -2.56. The van der Waals surface area contributed by atoms with Crippen LogP contribution in [-0.4, -0.2) is 37.8 Å². The van der Waals surface area contributed by atoms with Crippen molar-refractivity contribution in [1.82, 2.24) is 9.62 Å². The second-order valence-electron chi connectivity index (χ2n) is 4.58. The topological polar surface area (TPSA) is 90.3 Å². The van der Waals surface area contributed by atoms with Gasteiger partial charge in [0.15, 0.2) is 0 Å². The number of nitrogens with zero attached hydrogens (tertiary/aromatic N) is 2. The van der Waals surface area contributed by atoms with Gasteiger partial charge in [0.05, 0.1) is 15.5 Å². The first-order valence-corrected chi connectivity index (χ1v) is 8.22. The van der Waals surface area contributed by atoms with E-state index in [2.05, 4.69) is 5.32 Å². The largest absolute Gasteiger partial charge is 0.353 e. The molecule has 1 atom stereocenters. The summed E-state index contributed by atoms with van der Waals surface area (Å²) in [7, 11) is -3.83. The highest BCUT2D eigenvalue weighted by atomic mass is 35.5. The predicted octanol–water partition coefficient (Wildman–Crippen LogP) is 1.11. The van der Waals surface area contributed by atoms with Crippen LogP contribution in [0.15, 0.2) is 23.1 Å². The van der Waals surface area contributed by atoms with Gasteiger partial charge in [0, 0.05) is 13.1 Å². The molecule has 2 rings (SSSR count). The van der Waals surface area contributed by atoms with E-state index in [-0.39, 0.29) is 34.5 Å². The molecule has 1 aromatic rings. The van der Waals surface area contributed by atoms with Crippen molar-refractivity contribution in [3.05, 3.63) is 28.8 Å². The lowest BCUT2D eigenvalue weighted by Gasteiger charge is -2.33. The van der Waals surface area contributed by atoms with Gasteiger partial charge < -0.3 is 5.32 Å². The maximum absolute atomic E-state index is 12.7. The molecule has 21 heavy (non-hydrogen) atoms. The molecule has 0 saturated carbocycles. The molecule has 1 aromatic carbocycles. The molecule has 1 amide bonds. The van der Waals surface area contributed by atoms with Gasteiger partial charge in [-0.3, -0.25) is 4.79 Å². The number of carbonyl (C=O) groups excluding carboxylic acids is 1. The molecule has 6 nitrogen and oxygen atoms in total. The van der Waals surface area contributed by atoms with E-state index < -0.39 is 16.1 Å². The van der Waals surface area contributed by atoms with Crippen LogP contribution in [0.5, 0.6) is 0 Å². The van der Waals surface area contributed by atoms with Crippen LogP contribution in [0.1, 0.15) is 18.9 Å². The Hall–Kier alpha value is -1.62. The van der Waals surface area contributed by atoms with Crippen LogP contribution in [0.3, 0.4) is 0 Å². The number of hydrogen-bond donors (Lipinski definition) is 1. The number of nitriles is 1. The Morgan fingerprint density at radius 3 is 2.81 bits per heavy atom. The Kier molecular flexibility index (Phi) is 4.52. The van der Waals surface area contributed by atoms with Crippen molar-refractivity contribution in [1.29, 1.82) is 5.26 Å². The first-order valence-electron chi connectivity index (χ1n) is 6.41. The van der Waals surface area contributed by atoms with Crippen molar-refractivity contribution in [2.75, 3.05) is 13.1 Å². The van der Waals surface area contributed by atoms with Crippen LogP contribution in [-0.2, 0) is 14.8 Å². The number of benzene rings is 1. The number of hydrogen-bond acceptors (Lipinski definition) is 4. The molecule has 0 spiro atoms. The van der Waals surface area contributed by atoms with Gasteiger partial charge in [0.1, 0.15) is 12.1 Å². The monoisotopic (exact) mass is 327 g/mol. The van der Waals surface area contributed by atoms with E-state index in [1.54, 1.807) is 6.92 Å². The number of sulfonamides is 1. The van der Waals surface area contributed by atoms with E-state index in [0.717, 1.165) is 0 Å². The second-order valence-corrected chi connectivity index (χ2v) is 6.88. The number of halogens is 1. The van der Waals surface area contributed by atoms with Gasteiger partial charge in [-0.25, -0.2) is 8.42 Å². The molecular weight excluding hydrogens is 314 g/mol. The van der Waals surface area contributed by atoms with Crippen molar-refractivity contribution >= 4 is 27.5 Å². The molecule has 1 unspecified atom stereocenters. The molecule has 0 bridgehead atoms. The maximum Gasteiger partial charge on any atom is 0.243 e. The lowest BCUT2D eigenvalue weighted by atomic mass is 10.2. The summed E-state index contributed by atoms with van der Waals surface area (Å²) in [5, 5.41) is 11.6. The highest BCUT2D eigenvalue weighted by Gasteiger charge is 2.37. The molecule has 0 radical (unpaired) electrons. The van der Waals surface area contributed by atoms with Gasteiger partial charge in [-0.05, 0) is 24.6 Å². The molecule has 1 heterocycles. The van der Waals surface area contributed by atoms with Gasteiger partial charge >= 0.3 is 0 Å². The summed E-state index contributed by atoms with van der Waals surface area (Å²) in [4.78, 5) is 11.8. The first kappa shape index (κ1) is 15.8. The molecule has 8 heteroatoms. The number of carbonyl (C=O) groups is 1. The van der Waals surface area contributed by atoms with Crippen molar-refractivity contribution in [3.8, 4) is 6.07 Å². The highest BCUT2D eigenvalue weighted by Crippen LogP contribution is 2.25. The Morgan fingerprint density at radius 1 is 1.52 bits per heavy atom. The maximum atomic E-state index is 12.7. The van der Waals surface area contributed by atoms with Crippen LogP contribution in [0.2, 0.25) is 5.02 Å². The number of nitrogens with one attached hydrogen (secondary N) is 1. The molecular formula is C13H14ClN3O3S. The zero-order valence-corrected chi connectivity index (χ0v) is 12.9. The van der Waals surface area contributed by atoms with Crippen molar-refractivity contribution < 1.29 is 13.2 Å². The summed E-state index contributed by atoms with van der Waals surface area (Å²) in [5.74, 6) is -0.299. The second kappa shape index (κ2) is 6.02. The van der Waals surface area contributed by atoms with E-state index in [9.17, 15) is 13.2 Å². The van der Waals surface area contributed by atoms with Gasteiger partial charge in [-0.2, -0.15) is 9.57 Å². The molecule has 1 N–H and O–H groups in total. The van der Waals surface area contributed by atoms with E-state index in [1.165, 1.54) is 22.5 Å². The fourth-order valence-corrected chi connectivity index (χ4v) is 4.23. The SMILES string of the molecule is CCC1C(=O)NCCN1S(=O)(=O)c1ccc(C#N)c(Cl)c1. The van der Waals surface area contributed by atoms with E-state index in [4.69, 9.17) is 16.9 Å².